The van der Waals surface area contributed by atoms with Crippen molar-refractivity contribution in [1.82, 2.24) is 0 Å². The Balaban J connectivity index is 1.81. The fourth-order valence-electron chi connectivity index (χ4n) is 2.90. The summed E-state index contributed by atoms with van der Waals surface area (Å²) in [5.74, 6) is -1.27. The molecule has 134 valence electrons. The summed E-state index contributed by atoms with van der Waals surface area (Å²) in [6.45, 7) is 4.36. The van der Waals surface area contributed by atoms with E-state index < -0.39 is 11.9 Å². The van der Waals surface area contributed by atoms with Crippen LogP contribution in [0, 0.1) is 6.92 Å². The van der Waals surface area contributed by atoms with Gasteiger partial charge in [-0.2, -0.15) is 0 Å². The molecule has 2 aromatic carbocycles. The number of ether oxygens (including phenoxy) is 1. The standard InChI is InChI=1S/C21H21NO4/c1-3-4-5-12-26-21(25)15-8-11-17-18(13-15)20(24)22(19(17)23)16-9-6-14(2)7-10-16/h6-11,13H,3-5,12H2,1-2H3. The molecule has 1 heterocycles. The van der Waals surface area contributed by atoms with Gasteiger partial charge in [0, 0.05) is 0 Å². The zero-order chi connectivity index (χ0) is 18.7. The lowest BCUT2D eigenvalue weighted by molar-refractivity contribution is 0.0498. The molecular formula is C21H21NO4. The Morgan fingerprint density at radius 1 is 0.962 bits per heavy atom. The van der Waals surface area contributed by atoms with Crippen LogP contribution in [0.5, 0.6) is 0 Å². The number of hydrogen-bond donors (Lipinski definition) is 0. The molecule has 26 heavy (non-hydrogen) atoms. The maximum absolute atomic E-state index is 12.7. The van der Waals surface area contributed by atoms with Crippen molar-refractivity contribution in [3.8, 4) is 0 Å². The van der Waals surface area contributed by atoms with Crippen LogP contribution in [0.1, 0.15) is 62.8 Å². The van der Waals surface area contributed by atoms with Gasteiger partial charge in [-0.1, -0.05) is 37.5 Å². The van der Waals surface area contributed by atoms with Crippen molar-refractivity contribution in [1.29, 1.82) is 0 Å². The molecule has 0 atom stereocenters. The summed E-state index contributed by atoms with van der Waals surface area (Å²) in [6, 6.07) is 11.7. The molecule has 5 heteroatoms. The molecule has 0 saturated carbocycles. The third kappa shape index (κ3) is 3.38. The van der Waals surface area contributed by atoms with Gasteiger partial charge in [0.25, 0.3) is 11.8 Å². The van der Waals surface area contributed by atoms with Gasteiger partial charge in [0.15, 0.2) is 0 Å². The molecule has 0 N–H and O–H groups in total. The zero-order valence-corrected chi connectivity index (χ0v) is 15.0. The third-order valence-corrected chi connectivity index (χ3v) is 4.40. The maximum Gasteiger partial charge on any atom is 0.338 e. The highest BCUT2D eigenvalue weighted by Crippen LogP contribution is 2.29. The van der Waals surface area contributed by atoms with Gasteiger partial charge in [-0.25, -0.2) is 9.69 Å². The lowest BCUT2D eigenvalue weighted by Crippen LogP contribution is -2.29. The van der Waals surface area contributed by atoms with Crippen molar-refractivity contribution in [2.45, 2.75) is 33.1 Å². The lowest BCUT2D eigenvalue weighted by atomic mass is 10.1. The second-order valence-corrected chi connectivity index (χ2v) is 6.38. The van der Waals surface area contributed by atoms with Gasteiger partial charge in [-0.15, -0.1) is 0 Å². The topological polar surface area (TPSA) is 63.7 Å². The number of esters is 1. The van der Waals surface area contributed by atoms with Gasteiger partial charge >= 0.3 is 5.97 Å². The number of anilines is 1. The van der Waals surface area contributed by atoms with Crippen LogP contribution >= 0.6 is 0 Å². The smallest absolute Gasteiger partial charge is 0.338 e. The number of aryl methyl sites for hydroxylation is 1. The Hall–Kier alpha value is -2.95. The van der Waals surface area contributed by atoms with Crippen molar-refractivity contribution < 1.29 is 19.1 Å². The highest BCUT2D eigenvalue weighted by Gasteiger charge is 2.37. The quantitative estimate of drug-likeness (QED) is 0.446. The van der Waals surface area contributed by atoms with Crippen LogP contribution in [0.15, 0.2) is 42.5 Å². The van der Waals surface area contributed by atoms with E-state index >= 15 is 0 Å². The average Bonchev–Trinajstić information content (AvgIpc) is 2.90. The van der Waals surface area contributed by atoms with E-state index in [1.807, 2.05) is 19.1 Å². The van der Waals surface area contributed by atoms with Crippen LogP contribution in [-0.2, 0) is 4.74 Å². The van der Waals surface area contributed by atoms with Crippen molar-refractivity contribution >= 4 is 23.5 Å². The van der Waals surface area contributed by atoms with Crippen LogP contribution in [0.4, 0.5) is 5.69 Å². The van der Waals surface area contributed by atoms with Crippen molar-refractivity contribution in [3.05, 3.63) is 64.7 Å². The number of hydrogen-bond acceptors (Lipinski definition) is 4. The number of amides is 2. The summed E-state index contributed by atoms with van der Waals surface area (Å²) in [5.41, 5.74) is 2.38. The Bertz CT molecular complexity index is 855. The molecule has 0 aromatic heterocycles. The fourth-order valence-corrected chi connectivity index (χ4v) is 2.90. The molecule has 3 rings (SSSR count). The number of imide groups is 1. The largest absolute Gasteiger partial charge is 0.462 e. The molecule has 5 nitrogen and oxygen atoms in total. The van der Waals surface area contributed by atoms with Gasteiger partial charge in [0.1, 0.15) is 0 Å². The van der Waals surface area contributed by atoms with E-state index in [1.165, 1.54) is 18.2 Å². The Labute approximate surface area is 152 Å². The SMILES string of the molecule is CCCCCOC(=O)c1ccc2c(c1)C(=O)N(c1ccc(C)cc1)C2=O. The predicted molar refractivity (Wildman–Crippen MR) is 98.6 cm³/mol. The summed E-state index contributed by atoms with van der Waals surface area (Å²) in [5, 5.41) is 0. The number of carbonyl (C=O) groups is 3. The molecule has 0 bridgehead atoms. The lowest BCUT2D eigenvalue weighted by Gasteiger charge is -2.13. The van der Waals surface area contributed by atoms with Gasteiger partial charge in [0.2, 0.25) is 0 Å². The minimum Gasteiger partial charge on any atom is -0.462 e. The molecule has 1 aliphatic heterocycles. The molecule has 1 aliphatic rings. The fraction of sp³-hybridized carbons (Fsp3) is 0.286. The average molecular weight is 351 g/mol. The molecule has 2 aromatic rings. The highest BCUT2D eigenvalue weighted by molar-refractivity contribution is 6.34. The van der Waals surface area contributed by atoms with Gasteiger partial charge in [0.05, 0.1) is 29.0 Å². The minimum atomic E-state index is -0.474. The summed E-state index contributed by atoms with van der Waals surface area (Å²) in [6.07, 6.45) is 2.85. The van der Waals surface area contributed by atoms with Gasteiger partial charge in [-0.05, 0) is 43.7 Å². The number of fused-ring (bicyclic) bond motifs is 1. The number of carbonyl (C=O) groups excluding carboxylic acids is 3. The number of benzene rings is 2. The number of rotatable bonds is 6. The van der Waals surface area contributed by atoms with Crippen LogP contribution in [0.3, 0.4) is 0 Å². The summed E-state index contributed by atoms with van der Waals surface area (Å²) < 4.78 is 5.23. The Kier molecular flexibility index (Phi) is 5.16. The molecule has 0 spiro atoms. The first-order chi connectivity index (χ1) is 12.5. The van der Waals surface area contributed by atoms with Gasteiger partial charge < -0.3 is 4.74 Å². The number of unbranched alkanes of at least 4 members (excludes halogenated alkanes) is 2. The first kappa shape index (κ1) is 17.9. The van der Waals surface area contributed by atoms with E-state index in [-0.39, 0.29) is 17.0 Å². The normalized spacial score (nSPS) is 13.1. The Morgan fingerprint density at radius 2 is 1.65 bits per heavy atom. The summed E-state index contributed by atoms with van der Waals surface area (Å²) in [7, 11) is 0. The molecule has 0 saturated heterocycles. The zero-order valence-electron chi connectivity index (χ0n) is 15.0. The van der Waals surface area contributed by atoms with E-state index in [0.29, 0.717) is 17.9 Å². The van der Waals surface area contributed by atoms with Crippen LogP contribution in [0.25, 0.3) is 0 Å². The van der Waals surface area contributed by atoms with E-state index in [9.17, 15) is 14.4 Å². The Morgan fingerprint density at radius 3 is 2.35 bits per heavy atom. The highest BCUT2D eigenvalue weighted by atomic mass is 16.5. The molecular weight excluding hydrogens is 330 g/mol. The van der Waals surface area contributed by atoms with E-state index in [2.05, 4.69) is 6.92 Å². The van der Waals surface area contributed by atoms with Crippen molar-refractivity contribution in [2.75, 3.05) is 11.5 Å². The molecule has 0 aliphatic carbocycles. The second-order valence-electron chi connectivity index (χ2n) is 6.38. The first-order valence-electron chi connectivity index (χ1n) is 8.79. The third-order valence-electron chi connectivity index (χ3n) is 4.40. The summed E-state index contributed by atoms with van der Waals surface area (Å²) in [4.78, 5) is 38.6. The first-order valence-corrected chi connectivity index (χ1v) is 8.79. The second kappa shape index (κ2) is 7.52. The monoisotopic (exact) mass is 351 g/mol. The molecule has 0 radical (unpaired) electrons. The van der Waals surface area contributed by atoms with Crippen molar-refractivity contribution in [3.63, 3.8) is 0 Å². The van der Waals surface area contributed by atoms with Gasteiger partial charge in [-0.3, -0.25) is 9.59 Å². The molecule has 2 amide bonds. The minimum absolute atomic E-state index is 0.235. The van der Waals surface area contributed by atoms with E-state index in [0.717, 1.165) is 29.7 Å². The van der Waals surface area contributed by atoms with Crippen molar-refractivity contribution in [2.24, 2.45) is 0 Å². The maximum atomic E-state index is 12.7. The predicted octanol–water partition coefficient (Wildman–Crippen LogP) is 4.14. The van der Waals surface area contributed by atoms with Crippen LogP contribution < -0.4 is 4.90 Å². The van der Waals surface area contributed by atoms with Crippen LogP contribution in [-0.4, -0.2) is 24.4 Å². The van der Waals surface area contributed by atoms with E-state index in [1.54, 1.807) is 12.1 Å². The summed E-state index contributed by atoms with van der Waals surface area (Å²) >= 11 is 0. The van der Waals surface area contributed by atoms with Crippen LogP contribution in [0.2, 0.25) is 0 Å². The number of nitrogens with zero attached hydrogens (tertiary/aromatic N) is 1. The van der Waals surface area contributed by atoms with E-state index in [4.69, 9.17) is 4.74 Å². The molecule has 0 unspecified atom stereocenters. The molecule has 0 fully saturated rings.